The van der Waals surface area contributed by atoms with Crippen LogP contribution in [0.2, 0.25) is 0 Å². The molecule has 0 spiro atoms. The van der Waals surface area contributed by atoms with E-state index in [0.717, 1.165) is 33.3 Å². The Morgan fingerprint density at radius 2 is 1.95 bits per heavy atom. The third-order valence-corrected chi connectivity index (χ3v) is 6.15. The number of nitrogens with two attached hydrogens (primary N) is 1. The van der Waals surface area contributed by atoms with Crippen molar-refractivity contribution in [2.24, 2.45) is 10.9 Å². The van der Waals surface area contributed by atoms with Crippen molar-refractivity contribution in [3.05, 3.63) is 19.2 Å². The molecular formula is C13H17Br2N3O2S. The van der Waals surface area contributed by atoms with Crippen LogP contribution in [-0.4, -0.2) is 22.5 Å². The highest BCUT2D eigenvalue weighted by Gasteiger charge is 2.37. The van der Waals surface area contributed by atoms with Gasteiger partial charge in [0.2, 0.25) is 0 Å². The molecule has 0 bridgehead atoms. The number of nitrogens with one attached hydrogen (secondary N) is 1. The minimum absolute atomic E-state index is 0.0863. The lowest BCUT2D eigenvalue weighted by Gasteiger charge is -2.32. The molecule has 0 atom stereocenters. The van der Waals surface area contributed by atoms with Gasteiger partial charge in [-0.25, -0.2) is 0 Å². The molecule has 8 heteroatoms. The van der Waals surface area contributed by atoms with E-state index in [-0.39, 0.29) is 11.7 Å². The maximum atomic E-state index is 12.5. The lowest BCUT2D eigenvalue weighted by Crippen LogP contribution is -2.57. The summed E-state index contributed by atoms with van der Waals surface area (Å²) in [6.07, 6.45) is 5.49. The number of carbonyl (C=O) groups excluding carboxylic acids is 1. The lowest BCUT2D eigenvalue weighted by atomic mass is 9.88. The minimum atomic E-state index is -0.754. The van der Waals surface area contributed by atoms with E-state index < -0.39 is 5.54 Å². The average molecular weight is 439 g/mol. The van der Waals surface area contributed by atoms with Crippen LogP contribution in [0, 0.1) is 0 Å². The van der Waals surface area contributed by atoms with Gasteiger partial charge < -0.3 is 16.3 Å². The number of thiophene rings is 1. The number of oxime groups is 1. The third-order valence-electron chi connectivity index (χ3n) is 3.81. The van der Waals surface area contributed by atoms with Gasteiger partial charge >= 0.3 is 0 Å². The number of carbonyl (C=O) groups is 1. The Labute approximate surface area is 144 Å². The van der Waals surface area contributed by atoms with Crippen LogP contribution in [0.15, 0.2) is 18.8 Å². The second-order valence-electron chi connectivity index (χ2n) is 5.17. The molecule has 4 N–H and O–H groups in total. The molecule has 116 valence electrons. The van der Waals surface area contributed by atoms with Gasteiger partial charge in [-0.2, -0.15) is 0 Å². The van der Waals surface area contributed by atoms with E-state index >= 15 is 0 Å². The molecule has 1 aliphatic carbocycles. The van der Waals surface area contributed by atoms with Crippen LogP contribution in [0.3, 0.4) is 0 Å². The first kappa shape index (κ1) is 16.8. The van der Waals surface area contributed by atoms with Crippen LogP contribution in [0.1, 0.15) is 48.9 Å². The molecule has 1 aromatic rings. The van der Waals surface area contributed by atoms with Gasteiger partial charge in [0.05, 0.1) is 13.1 Å². The largest absolute Gasteiger partial charge is 0.409 e. The molecule has 21 heavy (non-hydrogen) atoms. The van der Waals surface area contributed by atoms with Crippen molar-refractivity contribution < 1.29 is 10.0 Å². The van der Waals surface area contributed by atoms with Gasteiger partial charge in [-0.05, 0) is 50.8 Å². The number of amidine groups is 1. The monoisotopic (exact) mass is 437 g/mol. The van der Waals surface area contributed by atoms with E-state index in [1.165, 1.54) is 11.3 Å². The summed E-state index contributed by atoms with van der Waals surface area (Å²) in [5.41, 5.74) is 5.69. The van der Waals surface area contributed by atoms with Crippen molar-refractivity contribution in [3.8, 4) is 0 Å². The van der Waals surface area contributed by atoms with Crippen molar-refractivity contribution >= 4 is 54.9 Å². The van der Waals surface area contributed by atoms with Crippen LogP contribution in [0.5, 0.6) is 0 Å². The Kier molecular flexibility index (Phi) is 5.67. The van der Waals surface area contributed by atoms with Crippen molar-refractivity contribution in [3.63, 3.8) is 0 Å². The Bertz CT molecular complexity index is 552. The summed E-state index contributed by atoms with van der Waals surface area (Å²) in [6.45, 7) is 0. The topological polar surface area (TPSA) is 87.7 Å². The van der Waals surface area contributed by atoms with Crippen molar-refractivity contribution in [2.75, 3.05) is 0 Å². The zero-order chi connectivity index (χ0) is 15.5. The van der Waals surface area contributed by atoms with E-state index in [9.17, 15) is 4.79 Å². The Morgan fingerprint density at radius 1 is 1.33 bits per heavy atom. The van der Waals surface area contributed by atoms with Gasteiger partial charge in [0.25, 0.3) is 5.91 Å². The molecular weight excluding hydrogens is 422 g/mol. The predicted molar refractivity (Wildman–Crippen MR) is 91.0 cm³/mol. The molecule has 1 fully saturated rings. The predicted octanol–water partition coefficient (Wildman–Crippen LogP) is 3.84. The number of rotatable bonds is 3. The smallest absolute Gasteiger partial charge is 0.254 e. The Morgan fingerprint density at radius 3 is 2.43 bits per heavy atom. The van der Waals surface area contributed by atoms with Gasteiger partial charge in [0.15, 0.2) is 5.84 Å². The standard InChI is InChI=1S/C13H17Br2N3O2S/c14-9-7-8(10(15)21-9)11(19)17-13(12(16)18-20)5-3-1-2-4-6-13/h7,20H,1-6H2,(H2,16,18)(H,17,19). The molecule has 0 aliphatic heterocycles. The maximum Gasteiger partial charge on any atom is 0.254 e. The molecule has 0 aromatic carbocycles. The van der Waals surface area contributed by atoms with Crippen LogP contribution >= 0.6 is 43.2 Å². The van der Waals surface area contributed by atoms with Gasteiger partial charge in [-0.3, -0.25) is 4.79 Å². The summed E-state index contributed by atoms with van der Waals surface area (Å²) in [4.78, 5) is 12.5. The first-order valence-corrected chi connectivity index (χ1v) is 9.14. The molecule has 5 nitrogen and oxygen atoms in total. The van der Waals surface area contributed by atoms with E-state index in [0.29, 0.717) is 18.4 Å². The highest BCUT2D eigenvalue weighted by molar-refractivity contribution is 9.12. The number of hydrogen-bond acceptors (Lipinski definition) is 4. The molecule has 0 radical (unpaired) electrons. The first-order valence-electron chi connectivity index (χ1n) is 6.74. The second kappa shape index (κ2) is 7.11. The molecule has 1 amide bonds. The zero-order valence-electron chi connectivity index (χ0n) is 11.4. The zero-order valence-corrected chi connectivity index (χ0v) is 15.4. The number of nitrogens with zero attached hydrogens (tertiary/aromatic N) is 1. The van der Waals surface area contributed by atoms with E-state index in [1.807, 2.05) is 0 Å². The number of amides is 1. The average Bonchev–Trinajstić information content (AvgIpc) is 2.66. The summed E-state index contributed by atoms with van der Waals surface area (Å²) in [6, 6.07) is 1.76. The van der Waals surface area contributed by atoms with E-state index in [1.54, 1.807) is 6.07 Å². The Hall–Kier alpha value is -0.600. The number of halogens is 2. The van der Waals surface area contributed by atoms with Gasteiger partial charge in [-0.15, -0.1) is 11.3 Å². The van der Waals surface area contributed by atoms with Crippen molar-refractivity contribution in [1.29, 1.82) is 0 Å². The van der Waals surface area contributed by atoms with Crippen LogP contribution < -0.4 is 11.1 Å². The lowest BCUT2D eigenvalue weighted by molar-refractivity contribution is 0.0915. The van der Waals surface area contributed by atoms with Gasteiger partial charge in [-0.1, -0.05) is 30.8 Å². The fraction of sp³-hybridized carbons (Fsp3) is 0.538. The highest BCUT2D eigenvalue weighted by atomic mass is 79.9. The number of hydrogen-bond donors (Lipinski definition) is 3. The highest BCUT2D eigenvalue weighted by Crippen LogP contribution is 2.33. The first-order chi connectivity index (χ1) is 9.98. The molecule has 1 saturated carbocycles. The summed E-state index contributed by atoms with van der Waals surface area (Å²) in [5, 5.41) is 15.2. The quantitative estimate of drug-likeness (QED) is 0.220. The van der Waals surface area contributed by atoms with Crippen molar-refractivity contribution in [1.82, 2.24) is 5.32 Å². The third kappa shape index (κ3) is 3.78. The molecule has 1 heterocycles. The minimum Gasteiger partial charge on any atom is -0.409 e. The SMILES string of the molecule is N/C(=N/O)C1(NC(=O)c2cc(Br)sc2Br)CCCCCC1. The molecule has 1 aliphatic rings. The van der Waals surface area contributed by atoms with E-state index in [4.69, 9.17) is 10.9 Å². The van der Waals surface area contributed by atoms with Crippen LogP contribution in [0.25, 0.3) is 0 Å². The molecule has 0 unspecified atom stereocenters. The van der Waals surface area contributed by atoms with Gasteiger partial charge in [0, 0.05) is 0 Å². The van der Waals surface area contributed by atoms with Crippen LogP contribution in [0.4, 0.5) is 0 Å². The molecule has 2 rings (SSSR count). The van der Waals surface area contributed by atoms with Crippen LogP contribution in [-0.2, 0) is 0 Å². The molecule has 0 saturated heterocycles. The summed E-state index contributed by atoms with van der Waals surface area (Å²) < 4.78 is 1.63. The normalized spacial score (nSPS) is 19.0. The molecule has 1 aromatic heterocycles. The fourth-order valence-electron chi connectivity index (χ4n) is 2.65. The maximum absolute atomic E-state index is 12.5. The summed E-state index contributed by atoms with van der Waals surface area (Å²) in [7, 11) is 0. The summed E-state index contributed by atoms with van der Waals surface area (Å²) in [5.74, 6) is -0.125. The van der Waals surface area contributed by atoms with E-state index in [2.05, 4.69) is 42.3 Å². The fourth-order valence-corrected chi connectivity index (χ4v) is 5.45. The van der Waals surface area contributed by atoms with Crippen molar-refractivity contribution in [2.45, 2.75) is 44.1 Å². The Balaban J connectivity index is 2.26. The second-order valence-corrected chi connectivity index (χ2v) is 8.92. The van der Waals surface area contributed by atoms with Gasteiger partial charge in [0.1, 0.15) is 5.54 Å². The summed E-state index contributed by atoms with van der Waals surface area (Å²) >= 11 is 8.19.